The molecule has 6 heteroatoms. The maximum atomic E-state index is 15.1. The van der Waals surface area contributed by atoms with Crippen molar-refractivity contribution in [1.29, 1.82) is 0 Å². The molecule has 0 spiro atoms. The maximum absolute atomic E-state index is 15.1. The molecule has 3 aliphatic heterocycles. The van der Waals surface area contributed by atoms with Gasteiger partial charge < -0.3 is 9.84 Å². The molecule has 1 aromatic heterocycles. The lowest BCUT2D eigenvalue weighted by Gasteiger charge is -2.30. The molecular weight excluding hydrogens is 515 g/mol. The normalized spacial score (nSPS) is 25.0. The first-order valence-corrected chi connectivity index (χ1v) is 15.4. The van der Waals surface area contributed by atoms with E-state index in [9.17, 15) is 9.90 Å². The molecule has 1 aliphatic carbocycles. The molecule has 2 saturated heterocycles. The lowest BCUT2D eigenvalue weighted by atomic mass is 9.82. The van der Waals surface area contributed by atoms with Crippen LogP contribution in [0.4, 0.5) is 4.39 Å². The van der Waals surface area contributed by atoms with Crippen LogP contribution in [0.25, 0.3) is 11.1 Å². The van der Waals surface area contributed by atoms with Gasteiger partial charge in [-0.25, -0.2) is 4.39 Å². The Kier molecular flexibility index (Phi) is 6.85. The zero-order valence-electron chi connectivity index (χ0n) is 24.0. The Morgan fingerprint density at radius 2 is 1.78 bits per heavy atom. The van der Waals surface area contributed by atoms with Gasteiger partial charge in [0.15, 0.2) is 0 Å². The van der Waals surface area contributed by atoms with E-state index in [1.807, 2.05) is 19.9 Å². The van der Waals surface area contributed by atoms with E-state index in [4.69, 9.17) is 4.74 Å². The first kappa shape index (κ1) is 26.6. The Morgan fingerprint density at radius 3 is 2.49 bits per heavy atom. The summed E-state index contributed by atoms with van der Waals surface area (Å²) in [6, 6.07) is 15.9. The molecular formula is C35H39FN2O3. The topological polar surface area (TPSA) is 62.7 Å². The number of aliphatic carboxylic acids is 1. The zero-order chi connectivity index (χ0) is 28.2. The van der Waals surface area contributed by atoms with E-state index in [2.05, 4.69) is 46.3 Å². The number of ether oxygens (including phenoxy) is 1. The Morgan fingerprint density at radius 1 is 1.02 bits per heavy atom. The predicted octanol–water partition coefficient (Wildman–Crippen LogP) is 7.60. The maximum Gasteiger partial charge on any atom is 0.306 e. The van der Waals surface area contributed by atoms with E-state index in [0.717, 1.165) is 65.9 Å². The minimum Gasteiger partial charge on any atom is -0.485 e. The monoisotopic (exact) mass is 554 g/mol. The van der Waals surface area contributed by atoms with Crippen LogP contribution in [0.15, 0.2) is 48.7 Å². The first-order valence-electron chi connectivity index (χ1n) is 15.4. The third kappa shape index (κ3) is 5.05. The standard InChI is InChI=1S/C35H39FN2O3/c1-20-15-30(31(36)18-37-20)29-13-7-24(16-26(29)19-38-27-9-10-28(38)12-11-27)32-14-8-22-3-6-25(17-33(22)41-32)34(23-4-5-23)21(2)35(39)40/h3,6-7,13,15-18,21,23,27-28,32,34H,4-5,8-12,14,19H2,1-2H3,(H,39,40)/t21-,27?,28?,32-,34-/m0/s1. The molecule has 2 aromatic carbocycles. The van der Waals surface area contributed by atoms with Crippen LogP contribution in [-0.4, -0.2) is 33.0 Å². The molecule has 1 N–H and O–H groups in total. The molecule has 41 heavy (non-hydrogen) atoms. The highest BCUT2D eigenvalue weighted by Gasteiger charge is 2.40. The molecule has 7 rings (SSSR count). The summed E-state index contributed by atoms with van der Waals surface area (Å²) in [5.41, 5.74) is 6.89. The van der Waals surface area contributed by atoms with Crippen molar-refractivity contribution in [3.63, 3.8) is 0 Å². The van der Waals surface area contributed by atoms with Crippen molar-refractivity contribution in [2.75, 3.05) is 0 Å². The van der Waals surface area contributed by atoms with Crippen LogP contribution in [0.1, 0.15) is 91.8 Å². The zero-order valence-corrected chi connectivity index (χ0v) is 24.0. The molecule has 3 aromatic rings. The van der Waals surface area contributed by atoms with Gasteiger partial charge in [0.2, 0.25) is 0 Å². The summed E-state index contributed by atoms with van der Waals surface area (Å²) in [7, 11) is 0. The summed E-state index contributed by atoms with van der Waals surface area (Å²) in [5, 5.41) is 9.76. The Bertz CT molecular complexity index is 1460. The SMILES string of the molecule is Cc1cc(-c2ccc([C@@H]3CCc4ccc([C@H](C5CC5)[C@H](C)C(=O)O)cc4O3)cc2CN2C3CCC2CC3)c(F)cn1. The van der Waals surface area contributed by atoms with Crippen molar-refractivity contribution >= 4 is 5.97 Å². The summed E-state index contributed by atoms with van der Waals surface area (Å²) < 4.78 is 21.7. The van der Waals surface area contributed by atoms with Gasteiger partial charge >= 0.3 is 5.97 Å². The third-order valence-electron chi connectivity index (χ3n) is 10.2. The third-order valence-corrected chi connectivity index (χ3v) is 10.2. The molecule has 1 saturated carbocycles. The number of pyridine rings is 1. The number of halogens is 1. The highest BCUT2D eigenvalue weighted by Crippen LogP contribution is 2.48. The van der Waals surface area contributed by atoms with Crippen LogP contribution in [0.5, 0.6) is 5.75 Å². The van der Waals surface area contributed by atoms with Gasteiger partial charge in [-0.3, -0.25) is 14.7 Å². The van der Waals surface area contributed by atoms with E-state index in [1.54, 1.807) is 0 Å². The van der Waals surface area contributed by atoms with E-state index < -0.39 is 11.9 Å². The lowest BCUT2D eigenvalue weighted by Crippen LogP contribution is -2.28. The second kappa shape index (κ2) is 10.5. The molecule has 0 amide bonds. The van der Waals surface area contributed by atoms with E-state index in [0.29, 0.717) is 23.6 Å². The van der Waals surface area contributed by atoms with E-state index >= 15 is 4.39 Å². The molecule has 4 aliphatic rings. The number of benzene rings is 2. The van der Waals surface area contributed by atoms with Gasteiger partial charge in [-0.15, -0.1) is 0 Å². The summed E-state index contributed by atoms with van der Waals surface area (Å²) in [6.45, 7) is 4.56. The Hall–Kier alpha value is -3.25. The van der Waals surface area contributed by atoms with Crippen molar-refractivity contribution in [2.24, 2.45) is 11.8 Å². The number of hydrogen-bond donors (Lipinski definition) is 1. The average molecular weight is 555 g/mol. The second-order valence-electron chi connectivity index (χ2n) is 12.9. The quantitative estimate of drug-likeness (QED) is 0.311. The molecule has 5 nitrogen and oxygen atoms in total. The number of aryl methyl sites for hydroxylation is 2. The van der Waals surface area contributed by atoms with Gasteiger partial charge in [-0.05, 0) is 110 Å². The van der Waals surface area contributed by atoms with Crippen LogP contribution in [0.2, 0.25) is 0 Å². The summed E-state index contributed by atoms with van der Waals surface area (Å²) >= 11 is 0. The van der Waals surface area contributed by atoms with Crippen LogP contribution in [0, 0.1) is 24.6 Å². The van der Waals surface area contributed by atoms with Gasteiger partial charge in [-0.2, -0.15) is 0 Å². The number of fused-ring (bicyclic) bond motifs is 3. The fourth-order valence-electron chi connectivity index (χ4n) is 7.84. The van der Waals surface area contributed by atoms with Crippen molar-refractivity contribution < 1.29 is 19.0 Å². The van der Waals surface area contributed by atoms with Crippen LogP contribution >= 0.6 is 0 Å². The molecule has 0 radical (unpaired) electrons. The largest absolute Gasteiger partial charge is 0.485 e. The van der Waals surface area contributed by atoms with Crippen LogP contribution < -0.4 is 4.74 Å². The van der Waals surface area contributed by atoms with Crippen molar-refractivity contribution in [2.45, 2.75) is 95.9 Å². The second-order valence-corrected chi connectivity index (χ2v) is 12.9. The first-order chi connectivity index (χ1) is 19.9. The van der Waals surface area contributed by atoms with Crippen LogP contribution in [0.3, 0.4) is 0 Å². The van der Waals surface area contributed by atoms with Crippen molar-refractivity contribution in [3.8, 4) is 16.9 Å². The number of nitrogens with zero attached hydrogens (tertiary/aromatic N) is 2. The lowest BCUT2D eigenvalue weighted by molar-refractivity contribution is -0.142. The van der Waals surface area contributed by atoms with Crippen molar-refractivity contribution in [3.05, 3.63) is 82.4 Å². The van der Waals surface area contributed by atoms with E-state index in [-0.39, 0.29) is 17.8 Å². The number of carboxylic acids is 1. The minimum absolute atomic E-state index is 0.0159. The summed E-state index contributed by atoms with van der Waals surface area (Å²) in [4.78, 5) is 18.7. The Balaban J connectivity index is 1.21. The smallest absolute Gasteiger partial charge is 0.306 e. The molecule has 3 atom stereocenters. The molecule has 4 heterocycles. The van der Waals surface area contributed by atoms with Crippen LogP contribution in [-0.2, 0) is 17.8 Å². The number of aromatic nitrogens is 1. The number of rotatable bonds is 8. The van der Waals surface area contributed by atoms with Gasteiger partial charge in [0.25, 0.3) is 0 Å². The minimum atomic E-state index is -0.738. The fraction of sp³-hybridized carbons (Fsp3) is 0.486. The van der Waals surface area contributed by atoms with Crippen molar-refractivity contribution in [1.82, 2.24) is 9.88 Å². The number of carboxylic acid groups (broad SMARTS) is 1. The molecule has 0 unspecified atom stereocenters. The van der Waals surface area contributed by atoms with Gasteiger partial charge in [0, 0.05) is 29.9 Å². The molecule has 2 bridgehead atoms. The molecule has 3 fully saturated rings. The Labute approximate surface area is 241 Å². The highest BCUT2D eigenvalue weighted by molar-refractivity contribution is 5.71. The summed E-state index contributed by atoms with van der Waals surface area (Å²) in [5.74, 6) is -0.119. The predicted molar refractivity (Wildman–Crippen MR) is 156 cm³/mol. The fourth-order valence-corrected chi connectivity index (χ4v) is 7.84. The average Bonchev–Trinajstić information content (AvgIpc) is 3.66. The van der Waals surface area contributed by atoms with Gasteiger partial charge in [-0.1, -0.05) is 37.3 Å². The van der Waals surface area contributed by atoms with Gasteiger partial charge in [0.05, 0.1) is 12.1 Å². The van der Waals surface area contributed by atoms with Gasteiger partial charge in [0.1, 0.15) is 17.7 Å². The molecule has 214 valence electrons. The summed E-state index contributed by atoms with van der Waals surface area (Å²) in [6.07, 6.45) is 10.2. The highest BCUT2D eigenvalue weighted by atomic mass is 19.1. The number of hydrogen-bond acceptors (Lipinski definition) is 4. The number of carbonyl (C=O) groups is 1. The van der Waals surface area contributed by atoms with E-state index in [1.165, 1.54) is 37.4 Å².